The van der Waals surface area contributed by atoms with Gasteiger partial charge in [0.15, 0.2) is 11.6 Å². The number of halogens is 1. The maximum atomic E-state index is 13.9. The molecule has 0 aliphatic heterocycles. The van der Waals surface area contributed by atoms with E-state index in [2.05, 4.69) is 19.1 Å². The van der Waals surface area contributed by atoms with E-state index in [-0.39, 0.29) is 5.75 Å². The van der Waals surface area contributed by atoms with E-state index in [0.29, 0.717) is 12.2 Å². The molecule has 0 bridgehead atoms. The fourth-order valence-electron chi connectivity index (χ4n) is 2.48. The lowest BCUT2D eigenvalue weighted by Gasteiger charge is -2.14. The Labute approximate surface area is 125 Å². The van der Waals surface area contributed by atoms with Crippen LogP contribution in [-0.2, 0) is 6.61 Å². The quantitative estimate of drug-likeness (QED) is 0.904. The number of aliphatic hydroxyl groups excluding tert-OH is 1. The summed E-state index contributed by atoms with van der Waals surface area (Å²) in [7, 11) is 0. The maximum Gasteiger partial charge on any atom is 0.165 e. The van der Waals surface area contributed by atoms with E-state index >= 15 is 0 Å². The molecule has 0 aromatic heterocycles. The zero-order chi connectivity index (χ0) is 15.6. The molecule has 0 fully saturated rings. The van der Waals surface area contributed by atoms with E-state index < -0.39 is 11.9 Å². The normalized spacial score (nSPS) is 12.3. The van der Waals surface area contributed by atoms with Crippen molar-refractivity contribution in [2.24, 2.45) is 0 Å². The van der Waals surface area contributed by atoms with Crippen molar-refractivity contribution < 1.29 is 14.2 Å². The van der Waals surface area contributed by atoms with Crippen LogP contribution in [0.4, 0.5) is 4.39 Å². The van der Waals surface area contributed by atoms with E-state index in [4.69, 9.17) is 4.74 Å². The lowest BCUT2D eigenvalue weighted by Crippen LogP contribution is -2.03. The number of ether oxygens (including phenoxy) is 1. The third-order valence-electron chi connectivity index (χ3n) is 3.65. The van der Waals surface area contributed by atoms with Crippen molar-refractivity contribution in [1.29, 1.82) is 0 Å². The second-order valence-corrected chi connectivity index (χ2v) is 5.53. The molecule has 1 N–H and O–H groups in total. The largest absolute Gasteiger partial charge is 0.486 e. The Balaban J connectivity index is 2.17. The minimum atomic E-state index is -0.685. The van der Waals surface area contributed by atoms with Gasteiger partial charge in [0.25, 0.3) is 0 Å². The van der Waals surface area contributed by atoms with Crippen molar-refractivity contribution >= 4 is 0 Å². The third-order valence-corrected chi connectivity index (χ3v) is 3.65. The molecule has 0 amide bonds. The van der Waals surface area contributed by atoms with Gasteiger partial charge in [-0.25, -0.2) is 4.39 Å². The van der Waals surface area contributed by atoms with Gasteiger partial charge in [0, 0.05) is 0 Å². The second-order valence-electron chi connectivity index (χ2n) is 5.53. The second kappa shape index (κ2) is 6.27. The number of hydrogen-bond donors (Lipinski definition) is 1. The molecule has 0 radical (unpaired) electrons. The first-order valence-electron chi connectivity index (χ1n) is 7.05. The average molecular weight is 288 g/mol. The van der Waals surface area contributed by atoms with Crippen molar-refractivity contribution in [2.75, 3.05) is 0 Å². The molecule has 0 saturated carbocycles. The zero-order valence-electron chi connectivity index (χ0n) is 12.9. The highest BCUT2D eigenvalue weighted by molar-refractivity contribution is 5.38. The number of benzene rings is 2. The van der Waals surface area contributed by atoms with E-state index in [1.807, 2.05) is 13.8 Å². The van der Waals surface area contributed by atoms with Crippen molar-refractivity contribution in [1.82, 2.24) is 0 Å². The van der Waals surface area contributed by atoms with Gasteiger partial charge < -0.3 is 9.84 Å². The molecule has 0 spiro atoms. The van der Waals surface area contributed by atoms with Crippen molar-refractivity contribution in [3.05, 3.63) is 64.0 Å². The van der Waals surface area contributed by atoms with Crippen molar-refractivity contribution in [2.45, 2.75) is 40.4 Å². The van der Waals surface area contributed by atoms with Gasteiger partial charge in [-0.3, -0.25) is 0 Å². The van der Waals surface area contributed by atoms with Gasteiger partial charge in [-0.05, 0) is 62.1 Å². The first kappa shape index (κ1) is 15.5. The first-order valence-corrected chi connectivity index (χ1v) is 7.05. The lowest BCUT2D eigenvalue weighted by molar-refractivity contribution is 0.198. The summed E-state index contributed by atoms with van der Waals surface area (Å²) in [4.78, 5) is 0. The molecule has 0 heterocycles. The van der Waals surface area contributed by atoms with Crippen molar-refractivity contribution in [3.63, 3.8) is 0 Å². The van der Waals surface area contributed by atoms with Crippen LogP contribution in [0, 0.1) is 26.6 Å². The van der Waals surface area contributed by atoms with Gasteiger partial charge in [0.2, 0.25) is 0 Å². The fraction of sp³-hybridized carbons (Fsp3) is 0.333. The standard InChI is InChI=1S/C18H21FO2/c1-11-7-12(2)16(13(3)8-11)10-21-18-6-5-15(14(4)20)9-17(18)19/h5-9,14,20H,10H2,1-4H3/t14-/m0/s1. The maximum absolute atomic E-state index is 13.9. The minimum absolute atomic E-state index is 0.207. The third kappa shape index (κ3) is 3.61. The molecule has 0 saturated heterocycles. The number of aryl methyl sites for hydroxylation is 3. The zero-order valence-corrected chi connectivity index (χ0v) is 12.9. The van der Waals surface area contributed by atoms with E-state index in [1.54, 1.807) is 19.1 Å². The number of aliphatic hydroxyl groups is 1. The molecule has 1 atom stereocenters. The van der Waals surface area contributed by atoms with Gasteiger partial charge in [-0.15, -0.1) is 0 Å². The predicted octanol–water partition coefficient (Wildman–Crippen LogP) is 4.38. The van der Waals surface area contributed by atoms with Crippen LogP contribution in [0.2, 0.25) is 0 Å². The fourth-order valence-corrected chi connectivity index (χ4v) is 2.48. The van der Waals surface area contributed by atoms with Crippen LogP contribution in [0.5, 0.6) is 5.75 Å². The molecule has 2 aromatic carbocycles. The summed E-state index contributed by atoms with van der Waals surface area (Å²) >= 11 is 0. The molecule has 0 unspecified atom stereocenters. The van der Waals surface area contributed by atoms with Gasteiger partial charge in [0.05, 0.1) is 6.10 Å². The van der Waals surface area contributed by atoms with Crippen LogP contribution in [-0.4, -0.2) is 5.11 Å². The van der Waals surface area contributed by atoms with Crippen LogP contribution in [0.1, 0.15) is 40.8 Å². The highest BCUT2D eigenvalue weighted by Crippen LogP contribution is 2.24. The van der Waals surface area contributed by atoms with Gasteiger partial charge >= 0.3 is 0 Å². The van der Waals surface area contributed by atoms with Crippen LogP contribution < -0.4 is 4.74 Å². The van der Waals surface area contributed by atoms with Gasteiger partial charge in [-0.1, -0.05) is 23.8 Å². The number of rotatable bonds is 4. The molecule has 112 valence electrons. The summed E-state index contributed by atoms with van der Waals surface area (Å²) in [6.45, 7) is 8.06. The van der Waals surface area contributed by atoms with Crippen LogP contribution in [0.25, 0.3) is 0 Å². The summed E-state index contributed by atoms with van der Waals surface area (Å²) in [5.41, 5.74) is 5.13. The Bertz CT molecular complexity index is 625. The van der Waals surface area contributed by atoms with Crippen LogP contribution >= 0.6 is 0 Å². The Hall–Kier alpha value is -1.87. The molecular formula is C18H21FO2. The molecule has 0 aliphatic rings. The van der Waals surface area contributed by atoms with Crippen LogP contribution in [0.3, 0.4) is 0 Å². The minimum Gasteiger partial charge on any atom is -0.486 e. The van der Waals surface area contributed by atoms with Crippen molar-refractivity contribution in [3.8, 4) is 5.75 Å². The topological polar surface area (TPSA) is 29.5 Å². The van der Waals surface area contributed by atoms with E-state index in [1.165, 1.54) is 11.6 Å². The highest BCUT2D eigenvalue weighted by Gasteiger charge is 2.10. The molecule has 21 heavy (non-hydrogen) atoms. The summed E-state index contributed by atoms with van der Waals surface area (Å²) in [6, 6.07) is 8.75. The summed E-state index contributed by atoms with van der Waals surface area (Å²) in [6.07, 6.45) is -0.685. The Morgan fingerprint density at radius 1 is 1.10 bits per heavy atom. The van der Waals surface area contributed by atoms with E-state index in [0.717, 1.165) is 16.7 Å². The Morgan fingerprint density at radius 3 is 2.24 bits per heavy atom. The molecule has 3 heteroatoms. The van der Waals surface area contributed by atoms with E-state index in [9.17, 15) is 9.50 Å². The summed E-state index contributed by atoms with van der Waals surface area (Å²) in [5.74, 6) is -0.241. The lowest BCUT2D eigenvalue weighted by atomic mass is 10.0. The smallest absolute Gasteiger partial charge is 0.165 e. The predicted molar refractivity (Wildman–Crippen MR) is 82.0 cm³/mol. The van der Waals surface area contributed by atoms with Gasteiger partial charge in [-0.2, -0.15) is 0 Å². The Morgan fingerprint density at radius 2 is 1.71 bits per heavy atom. The highest BCUT2D eigenvalue weighted by atomic mass is 19.1. The summed E-state index contributed by atoms with van der Waals surface area (Å²) in [5, 5.41) is 9.44. The summed E-state index contributed by atoms with van der Waals surface area (Å²) < 4.78 is 19.5. The molecule has 2 rings (SSSR count). The molecule has 2 aromatic rings. The molecular weight excluding hydrogens is 267 g/mol. The SMILES string of the molecule is Cc1cc(C)c(COc2ccc([C@H](C)O)cc2F)c(C)c1. The molecule has 2 nitrogen and oxygen atoms in total. The average Bonchev–Trinajstić information content (AvgIpc) is 2.38. The Kier molecular flexibility index (Phi) is 4.63. The number of hydrogen-bond acceptors (Lipinski definition) is 2. The molecule has 0 aliphatic carbocycles. The monoisotopic (exact) mass is 288 g/mol. The first-order chi connectivity index (χ1) is 9.88. The van der Waals surface area contributed by atoms with Crippen LogP contribution in [0.15, 0.2) is 30.3 Å². The van der Waals surface area contributed by atoms with Gasteiger partial charge in [0.1, 0.15) is 6.61 Å².